The van der Waals surface area contributed by atoms with Crippen molar-refractivity contribution in [3.8, 4) is 17.4 Å². The van der Waals surface area contributed by atoms with E-state index in [2.05, 4.69) is 15.0 Å². The molecule has 0 unspecified atom stereocenters. The Kier molecular flexibility index (Phi) is 3.91. The summed E-state index contributed by atoms with van der Waals surface area (Å²) in [5.74, 6) is 0.556. The number of nitrogens with zero attached hydrogens (tertiary/aromatic N) is 3. The first kappa shape index (κ1) is 12.3. The van der Waals surface area contributed by atoms with Crippen LogP contribution in [0.15, 0.2) is 11.4 Å². The third-order valence-corrected chi connectivity index (χ3v) is 3.04. The van der Waals surface area contributed by atoms with Gasteiger partial charge in [-0.25, -0.2) is 0 Å². The molecule has 2 aromatic heterocycles. The Morgan fingerprint density at radius 3 is 2.82 bits per heavy atom. The first-order chi connectivity index (χ1) is 8.19. The van der Waals surface area contributed by atoms with E-state index in [0.29, 0.717) is 12.4 Å². The minimum absolute atomic E-state index is 0.157. The maximum atomic E-state index is 5.85. The van der Waals surface area contributed by atoms with Gasteiger partial charge in [-0.05, 0) is 31.0 Å². The Balaban J connectivity index is 2.31. The first-order valence-corrected chi connectivity index (χ1v) is 6.54. The number of hydrogen-bond donors (Lipinski definition) is 0. The van der Waals surface area contributed by atoms with Crippen LogP contribution in [0.1, 0.15) is 18.2 Å². The molecular formula is C11H12ClN3OS. The van der Waals surface area contributed by atoms with Gasteiger partial charge in [0.1, 0.15) is 0 Å². The molecule has 0 aromatic carbocycles. The van der Waals surface area contributed by atoms with E-state index in [4.69, 9.17) is 16.3 Å². The average Bonchev–Trinajstić information content (AvgIpc) is 2.72. The molecule has 0 aliphatic heterocycles. The standard InChI is InChI=1S/C11H12ClN3OS/c1-3-4-16-11-14-9(13-10(12)15-11)8-5-7(2)17-6-8/h5-6H,3-4H2,1-2H3. The van der Waals surface area contributed by atoms with Crippen molar-refractivity contribution in [1.82, 2.24) is 15.0 Å². The summed E-state index contributed by atoms with van der Waals surface area (Å²) in [6.07, 6.45) is 0.899. The van der Waals surface area contributed by atoms with E-state index < -0.39 is 0 Å². The zero-order valence-electron chi connectivity index (χ0n) is 9.61. The molecule has 90 valence electrons. The molecule has 17 heavy (non-hydrogen) atoms. The fraction of sp³-hybridized carbons (Fsp3) is 0.364. The summed E-state index contributed by atoms with van der Waals surface area (Å²) in [6.45, 7) is 4.62. The highest BCUT2D eigenvalue weighted by atomic mass is 35.5. The van der Waals surface area contributed by atoms with Crippen molar-refractivity contribution in [2.75, 3.05) is 6.61 Å². The Morgan fingerprint density at radius 2 is 2.18 bits per heavy atom. The molecule has 2 heterocycles. The van der Waals surface area contributed by atoms with E-state index in [9.17, 15) is 0 Å². The van der Waals surface area contributed by atoms with Gasteiger partial charge in [-0.15, -0.1) is 11.3 Å². The van der Waals surface area contributed by atoms with Gasteiger partial charge < -0.3 is 4.74 Å². The van der Waals surface area contributed by atoms with Crippen molar-refractivity contribution in [2.45, 2.75) is 20.3 Å². The number of rotatable bonds is 4. The summed E-state index contributed by atoms with van der Waals surface area (Å²) >= 11 is 7.49. The molecule has 2 rings (SSSR count). The van der Waals surface area contributed by atoms with E-state index in [0.717, 1.165) is 12.0 Å². The monoisotopic (exact) mass is 269 g/mol. The van der Waals surface area contributed by atoms with Crippen LogP contribution in [0, 0.1) is 6.92 Å². The lowest BCUT2D eigenvalue weighted by atomic mass is 10.3. The van der Waals surface area contributed by atoms with Gasteiger partial charge >= 0.3 is 6.01 Å². The molecule has 4 nitrogen and oxygen atoms in total. The highest BCUT2D eigenvalue weighted by Crippen LogP contribution is 2.24. The molecule has 0 fully saturated rings. The molecule has 0 saturated carbocycles. The Labute approximate surface area is 109 Å². The third-order valence-electron chi connectivity index (χ3n) is 2.01. The van der Waals surface area contributed by atoms with Gasteiger partial charge in [0.05, 0.1) is 6.61 Å². The highest BCUT2D eigenvalue weighted by Gasteiger charge is 2.09. The minimum atomic E-state index is 0.157. The number of halogens is 1. The van der Waals surface area contributed by atoms with Gasteiger partial charge in [-0.1, -0.05) is 6.92 Å². The molecule has 0 atom stereocenters. The van der Waals surface area contributed by atoms with Gasteiger partial charge in [0.25, 0.3) is 0 Å². The summed E-state index contributed by atoms with van der Waals surface area (Å²) in [5, 5.41) is 2.15. The van der Waals surface area contributed by atoms with E-state index >= 15 is 0 Å². The van der Waals surface area contributed by atoms with Crippen molar-refractivity contribution in [3.05, 3.63) is 21.6 Å². The lowest BCUT2D eigenvalue weighted by molar-refractivity contribution is 0.291. The smallest absolute Gasteiger partial charge is 0.321 e. The molecule has 0 saturated heterocycles. The summed E-state index contributed by atoms with van der Waals surface area (Å²) < 4.78 is 5.36. The summed E-state index contributed by atoms with van der Waals surface area (Å²) in [6, 6.07) is 2.30. The van der Waals surface area contributed by atoms with Crippen molar-refractivity contribution < 1.29 is 4.74 Å². The van der Waals surface area contributed by atoms with Gasteiger partial charge in [0.2, 0.25) is 5.28 Å². The van der Waals surface area contributed by atoms with Crippen LogP contribution in [0.4, 0.5) is 0 Å². The minimum Gasteiger partial charge on any atom is -0.463 e. The second-order valence-corrected chi connectivity index (χ2v) is 4.96. The highest BCUT2D eigenvalue weighted by molar-refractivity contribution is 7.10. The van der Waals surface area contributed by atoms with Crippen LogP contribution in [0.25, 0.3) is 11.4 Å². The molecule has 0 N–H and O–H groups in total. The maximum absolute atomic E-state index is 5.85. The van der Waals surface area contributed by atoms with E-state index in [1.165, 1.54) is 4.88 Å². The maximum Gasteiger partial charge on any atom is 0.321 e. The first-order valence-electron chi connectivity index (χ1n) is 5.29. The molecule has 0 spiro atoms. The molecule has 0 aliphatic carbocycles. The van der Waals surface area contributed by atoms with Crippen LogP contribution in [0.3, 0.4) is 0 Å². The van der Waals surface area contributed by atoms with E-state index in [1.807, 2.05) is 25.3 Å². The quantitative estimate of drug-likeness (QED) is 0.854. The Hall–Kier alpha value is -1.20. The van der Waals surface area contributed by atoms with Crippen LogP contribution in [-0.4, -0.2) is 21.6 Å². The van der Waals surface area contributed by atoms with Gasteiger partial charge in [0, 0.05) is 15.8 Å². The molecule has 0 radical (unpaired) electrons. The average molecular weight is 270 g/mol. The van der Waals surface area contributed by atoms with Crippen LogP contribution >= 0.6 is 22.9 Å². The third kappa shape index (κ3) is 3.14. The molecular weight excluding hydrogens is 258 g/mol. The number of aromatic nitrogens is 3. The van der Waals surface area contributed by atoms with E-state index in [-0.39, 0.29) is 11.3 Å². The lowest BCUT2D eigenvalue weighted by Gasteiger charge is -2.03. The van der Waals surface area contributed by atoms with Crippen LogP contribution in [-0.2, 0) is 0 Å². The van der Waals surface area contributed by atoms with Crippen molar-refractivity contribution in [3.63, 3.8) is 0 Å². The van der Waals surface area contributed by atoms with Crippen molar-refractivity contribution in [1.29, 1.82) is 0 Å². The van der Waals surface area contributed by atoms with Gasteiger partial charge in [-0.3, -0.25) is 0 Å². The largest absolute Gasteiger partial charge is 0.463 e. The summed E-state index contributed by atoms with van der Waals surface area (Å²) in [4.78, 5) is 13.5. The van der Waals surface area contributed by atoms with Crippen LogP contribution in [0.2, 0.25) is 5.28 Å². The number of aryl methyl sites for hydroxylation is 1. The Bertz CT molecular complexity index is 515. The second kappa shape index (κ2) is 5.42. The predicted octanol–water partition coefficient (Wildman–Crippen LogP) is 3.35. The fourth-order valence-electron chi connectivity index (χ4n) is 1.28. The lowest BCUT2D eigenvalue weighted by Crippen LogP contribution is -2.02. The number of ether oxygens (including phenoxy) is 1. The molecule has 0 aliphatic rings. The topological polar surface area (TPSA) is 47.9 Å². The second-order valence-electron chi connectivity index (χ2n) is 3.51. The van der Waals surface area contributed by atoms with Crippen LogP contribution in [0.5, 0.6) is 6.01 Å². The summed E-state index contributed by atoms with van der Waals surface area (Å²) in [5.41, 5.74) is 0.943. The van der Waals surface area contributed by atoms with Crippen LogP contribution < -0.4 is 4.74 Å². The van der Waals surface area contributed by atoms with E-state index in [1.54, 1.807) is 11.3 Å². The molecule has 6 heteroatoms. The Morgan fingerprint density at radius 1 is 1.35 bits per heavy atom. The zero-order valence-corrected chi connectivity index (χ0v) is 11.2. The normalized spacial score (nSPS) is 10.5. The number of hydrogen-bond acceptors (Lipinski definition) is 5. The zero-order chi connectivity index (χ0) is 12.3. The number of thiophene rings is 1. The predicted molar refractivity (Wildman–Crippen MR) is 68.7 cm³/mol. The molecule has 0 amide bonds. The summed E-state index contributed by atoms with van der Waals surface area (Å²) in [7, 11) is 0. The molecule has 0 bridgehead atoms. The van der Waals surface area contributed by atoms with Crippen molar-refractivity contribution in [2.24, 2.45) is 0 Å². The van der Waals surface area contributed by atoms with Gasteiger partial charge in [0.15, 0.2) is 5.82 Å². The van der Waals surface area contributed by atoms with Gasteiger partial charge in [-0.2, -0.15) is 15.0 Å². The van der Waals surface area contributed by atoms with Crippen molar-refractivity contribution >= 4 is 22.9 Å². The fourth-order valence-corrected chi connectivity index (χ4v) is 2.11. The molecule has 2 aromatic rings. The SMILES string of the molecule is CCCOc1nc(Cl)nc(-c2csc(C)c2)n1.